The van der Waals surface area contributed by atoms with Crippen LogP contribution in [-0.2, 0) is 16.0 Å². The molecule has 0 unspecified atom stereocenters. The topological polar surface area (TPSA) is 95.8 Å². The number of carbonyl (C=O) groups is 3. The molecule has 3 amide bonds. The van der Waals surface area contributed by atoms with Crippen LogP contribution in [0.3, 0.4) is 0 Å². The summed E-state index contributed by atoms with van der Waals surface area (Å²) in [6.45, 7) is 1.83. The summed E-state index contributed by atoms with van der Waals surface area (Å²) in [5.41, 5.74) is 1.54. The van der Waals surface area contributed by atoms with Crippen LogP contribution in [0, 0.1) is 0 Å². The molecule has 0 aliphatic carbocycles. The Morgan fingerprint density at radius 1 is 1.03 bits per heavy atom. The van der Waals surface area contributed by atoms with Crippen LogP contribution in [0.4, 0.5) is 5.13 Å². The number of anilines is 1. The van der Waals surface area contributed by atoms with Gasteiger partial charge in [-0.3, -0.25) is 19.7 Å². The van der Waals surface area contributed by atoms with E-state index < -0.39 is 0 Å². The molecular formula is C23H22N4O4S. The summed E-state index contributed by atoms with van der Waals surface area (Å²) < 4.78 is 5.16. The van der Waals surface area contributed by atoms with E-state index in [4.69, 9.17) is 4.42 Å². The van der Waals surface area contributed by atoms with Crippen molar-refractivity contribution in [2.24, 2.45) is 0 Å². The summed E-state index contributed by atoms with van der Waals surface area (Å²) in [6, 6.07) is 12.8. The minimum atomic E-state index is -0.279. The lowest BCUT2D eigenvalue weighted by Gasteiger charge is -2.34. The maximum Gasteiger partial charge on any atom is 0.289 e. The lowest BCUT2D eigenvalue weighted by Crippen LogP contribution is -2.50. The summed E-state index contributed by atoms with van der Waals surface area (Å²) in [5, 5.41) is 4.94. The molecule has 1 aromatic carbocycles. The quantitative estimate of drug-likeness (QED) is 0.583. The molecule has 1 aliphatic rings. The molecule has 1 aliphatic heterocycles. The van der Waals surface area contributed by atoms with Crippen LogP contribution in [0.25, 0.3) is 6.08 Å². The molecule has 4 rings (SSSR count). The van der Waals surface area contributed by atoms with Crippen LogP contribution < -0.4 is 5.32 Å². The summed E-state index contributed by atoms with van der Waals surface area (Å²) in [7, 11) is 0. The third kappa shape index (κ3) is 5.50. The average Bonchev–Trinajstić information content (AvgIpc) is 3.51. The Bertz CT molecular complexity index is 1100. The lowest BCUT2D eigenvalue weighted by atomic mass is 10.2. The average molecular weight is 451 g/mol. The number of benzene rings is 1. The highest BCUT2D eigenvalue weighted by Gasteiger charge is 2.26. The van der Waals surface area contributed by atoms with Crippen molar-refractivity contribution in [3.63, 3.8) is 0 Å². The number of carbonyl (C=O) groups excluding carboxylic acids is 3. The predicted octanol–water partition coefficient (Wildman–Crippen LogP) is 2.92. The third-order valence-electron chi connectivity index (χ3n) is 4.99. The first-order valence-corrected chi connectivity index (χ1v) is 11.1. The van der Waals surface area contributed by atoms with Crippen molar-refractivity contribution in [3.8, 4) is 0 Å². The van der Waals surface area contributed by atoms with Crippen molar-refractivity contribution < 1.29 is 18.8 Å². The van der Waals surface area contributed by atoms with Gasteiger partial charge in [-0.2, -0.15) is 0 Å². The summed E-state index contributed by atoms with van der Waals surface area (Å²) in [5.74, 6) is -0.190. The standard InChI is InChI=1S/C23H22N4O4S/c28-20(9-8-17-5-2-1-3-6-17)25-23-24-18(16-32-23)15-21(29)26-10-12-27(13-11-26)22(30)19-7-4-14-31-19/h1-9,14,16H,10-13,15H2,(H,24,25,28)/b9-8+. The largest absolute Gasteiger partial charge is 0.459 e. The Morgan fingerprint density at radius 2 is 1.78 bits per heavy atom. The Hall–Kier alpha value is -3.72. The fourth-order valence-electron chi connectivity index (χ4n) is 3.31. The van der Waals surface area contributed by atoms with Crippen molar-refractivity contribution in [2.45, 2.75) is 6.42 Å². The summed E-state index contributed by atoms with van der Waals surface area (Å²) in [6.07, 6.45) is 4.80. The first-order valence-electron chi connectivity index (χ1n) is 10.2. The number of piperazine rings is 1. The molecule has 1 fully saturated rings. The van der Waals surface area contributed by atoms with Gasteiger partial charge >= 0.3 is 0 Å². The molecule has 8 nitrogen and oxygen atoms in total. The first kappa shape index (κ1) is 21.5. The van der Waals surface area contributed by atoms with E-state index in [9.17, 15) is 14.4 Å². The van der Waals surface area contributed by atoms with Crippen LogP contribution in [0.5, 0.6) is 0 Å². The van der Waals surface area contributed by atoms with Gasteiger partial charge in [0, 0.05) is 37.6 Å². The Morgan fingerprint density at radius 3 is 2.50 bits per heavy atom. The molecule has 32 heavy (non-hydrogen) atoms. The van der Waals surface area contributed by atoms with E-state index in [0.29, 0.717) is 42.8 Å². The third-order valence-corrected chi connectivity index (χ3v) is 5.80. The van der Waals surface area contributed by atoms with Gasteiger partial charge < -0.3 is 14.2 Å². The number of thiazole rings is 1. The van der Waals surface area contributed by atoms with E-state index in [0.717, 1.165) is 5.56 Å². The van der Waals surface area contributed by atoms with Gasteiger partial charge in [-0.1, -0.05) is 30.3 Å². The maximum atomic E-state index is 12.6. The van der Waals surface area contributed by atoms with E-state index in [2.05, 4.69) is 10.3 Å². The molecule has 9 heteroatoms. The maximum absolute atomic E-state index is 12.6. The van der Waals surface area contributed by atoms with Crippen LogP contribution in [0.1, 0.15) is 21.8 Å². The zero-order chi connectivity index (χ0) is 22.3. The molecule has 1 N–H and O–H groups in total. The van der Waals surface area contributed by atoms with Gasteiger partial charge in [-0.25, -0.2) is 4.98 Å². The smallest absolute Gasteiger partial charge is 0.289 e. The minimum absolute atomic E-state index is 0.0535. The SMILES string of the molecule is O=C(/C=C/c1ccccc1)Nc1nc(CC(=O)N2CCN(C(=O)c3ccco3)CC2)cs1. The minimum Gasteiger partial charge on any atom is -0.459 e. The molecule has 0 spiro atoms. The number of furan rings is 1. The predicted molar refractivity (Wildman–Crippen MR) is 121 cm³/mol. The molecule has 1 saturated heterocycles. The number of amides is 3. The number of hydrogen-bond donors (Lipinski definition) is 1. The zero-order valence-electron chi connectivity index (χ0n) is 17.3. The van der Waals surface area contributed by atoms with E-state index >= 15 is 0 Å². The first-order chi connectivity index (χ1) is 15.6. The molecular weight excluding hydrogens is 428 g/mol. The molecule has 0 saturated carbocycles. The normalized spacial score (nSPS) is 14.0. The number of nitrogens with one attached hydrogen (secondary N) is 1. The van der Waals surface area contributed by atoms with Gasteiger partial charge in [0.25, 0.3) is 5.91 Å². The highest BCUT2D eigenvalue weighted by molar-refractivity contribution is 7.14. The second-order valence-electron chi connectivity index (χ2n) is 7.20. The number of rotatable bonds is 6. The summed E-state index contributed by atoms with van der Waals surface area (Å²) in [4.78, 5) is 44.8. The van der Waals surface area contributed by atoms with E-state index in [1.807, 2.05) is 30.3 Å². The van der Waals surface area contributed by atoms with Crippen molar-refractivity contribution in [1.82, 2.24) is 14.8 Å². The van der Waals surface area contributed by atoms with E-state index in [-0.39, 0.29) is 24.1 Å². The van der Waals surface area contributed by atoms with Gasteiger partial charge in [-0.05, 0) is 23.8 Å². The molecule has 2 aromatic heterocycles. The molecule has 0 atom stereocenters. The van der Waals surface area contributed by atoms with Gasteiger partial charge in [0.2, 0.25) is 11.8 Å². The fraction of sp³-hybridized carbons (Fsp3) is 0.217. The van der Waals surface area contributed by atoms with Crippen LogP contribution in [0.2, 0.25) is 0 Å². The van der Waals surface area contributed by atoms with Gasteiger partial charge in [0.1, 0.15) is 0 Å². The van der Waals surface area contributed by atoms with Crippen molar-refractivity contribution in [1.29, 1.82) is 0 Å². The Balaban J connectivity index is 1.24. The second kappa shape index (κ2) is 10.1. The van der Waals surface area contributed by atoms with Gasteiger partial charge in [0.15, 0.2) is 10.9 Å². The van der Waals surface area contributed by atoms with Crippen LogP contribution >= 0.6 is 11.3 Å². The Kier molecular flexibility index (Phi) is 6.76. The number of hydrogen-bond acceptors (Lipinski definition) is 6. The van der Waals surface area contributed by atoms with E-state index in [1.54, 1.807) is 33.4 Å². The van der Waals surface area contributed by atoms with Crippen LogP contribution in [0.15, 0.2) is 64.6 Å². The van der Waals surface area contributed by atoms with E-state index in [1.165, 1.54) is 23.7 Å². The fourth-order valence-corrected chi connectivity index (χ4v) is 4.02. The van der Waals surface area contributed by atoms with Crippen molar-refractivity contribution in [3.05, 3.63) is 77.2 Å². The molecule has 0 radical (unpaired) electrons. The number of nitrogens with zero attached hydrogens (tertiary/aromatic N) is 3. The molecule has 3 aromatic rings. The monoisotopic (exact) mass is 450 g/mol. The van der Waals surface area contributed by atoms with Crippen molar-refractivity contribution >= 4 is 40.3 Å². The zero-order valence-corrected chi connectivity index (χ0v) is 18.1. The lowest BCUT2D eigenvalue weighted by molar-refractivity contribution is -0.132. The van der Waals surface area contributed by atoms with Gasteiger partial charge in [0.05, 0.1) is 18.4 Å². The molecule has 0 bridgehead atoms. The van der Waals surface area contributed by atoms with Gasteiger partial charge in [-0.15, -0.1) is 11.3 Å². The number of aromatic nitrogens is 1. The molecule has 164 valence electrons. The summed E-state index contributed by atoms with van der Waals surface area (Å²) >= 11 is 1.28. The highest BCUT2D eigenvalue weighted by atomic mass is 32.1. The second-order valence-corrected chi connectivity index (χ2v) is 8.06. The Labute approximate surface area is 189 Å². The highest BCUT2D eigenvalue weighted by Crippen LogP contribution is 2.17. The van der Waals surface area contributed by atoms with Crippen LogP contribution in [-0.4, -0.2) is 58.7 Å². The van der Waals surface area contributed by atoms with Crippen molar-refractivity contribution in [2.75, 3.05) is 31.5 Å². The molecule has 3 heterocycles.